The minimum Gasteiger partial charge on any atom is -0.456 e. The fraction of sp³-hybridized carbons (Fsp3) is 0.327. The molecular formula is C49H56N4O9S2. The van der Waals surface area contributed by atoms with E-state index in [2.05, 4.69) is 16.0 Å². The predicted molar refractivity (Wildman–Crippen MR) is 253 cm³/mol. The van der Waals surface area contributed by atoms with Crippen LogP contribution in [0, 0.1) is 53.4 Å². The second-order valence-corrected chi connectivity index (χ2v) is 19.7. The van der Waals surface area contributed by atoms with Crippen molar-refractivity contribution in [1.29, 1.82) is 0 Å². The van der Waals surface area contributed by atoms with Crippen molar-refractivity contribution in [2.75, 3.05) is 16.0 Å². The minimum atomic E-state index is -4.97. The van der Waals surface area contributed by atoms with Gasteiger partial charge in [0.1, 0.15) is 21.1 Å². The van der Waals surface area contributed by atoms with Gasteiger partial charge in [0.15, 0.2) is 0 Å². The third kappa shape index (κ3) is 10.1. The average Bonchev–Trinajstić information content (AvgIpc) is 3.22. The molecule has 13 nitrogen and oxygen atoms in total. The highest BCUT2D eigenvalue weighted by molar-refractivity contribution is 7.86. The highest BCUT2D eigenvalue weighted by Crippen LogP contribution is 2.45. The monoisotopic (exact) mass is 908 g/mol. The summed E-state index contributed by atoms with van der Waals surface area (Å²) < 4.78 is 80.0. The second-order valence-electron chi connectivity index (χ2n) is 17.0. The van der Waals surface area contributed by atoms with Crippen molar-refractivity contribution in [3.63, 3.8) is 0 Å². The fourth-order valence-electron chi connectivity index (χ4n) is 8.15. The maximum Gasteiger partial charge on any atom is 0.296 e. The van der Waals surface area contributed by atoms with Gasteiger partial charge < -0.3 is 20.4 Å². The number of amides is 2. The van der Waals surface area contributed by atoms with Gasteiger partial charge in [-0.1, -0.05) is 70.9 Å². The van der Waals surface area contributed by atoms with Crippen LogP contribution in [-0.4, -0.2) is 37.8 Å². The van der Waals surface area contributed by atoms with Crippen molar-refractivity contribution in [2.24, 2.45) is 16.8 Å². The topological polar surface area (TPSA) is 204 Å². The van der Waals surface area contributed by atoms with Gasteiger partial charge in [-0.05, 0) is 111 Å². The molecule has 1 heterocycles. The Labute approximate surface area is 375 Å². The molecule has 4 aromatic carbocycles. The van der Waals surface area contributed by atoms with E-state index in [4.69, 9.17) is 9.41 Å². The molecule has 0 bridgehead atoms. The molecule has 1 aliphatic carbocycles. The first-order valence-corrected chi connectivity index (χ1v) is 24.1. The lowest BCUT2D eigenvalue weighted by Gasteiger charge is -2.22. The van der Waals surface area contributed by atoms with Crippen LogP contribution >= 0.6 is 0 Å². The van der Waals surface area contributed by atoms with E-state index in [0.717, 1.165) is 40.7 Å². The molecule has 1 aliphatic heterocycles. The van der Waals surface area contributed by atoms with Crippen molar-refractivity contribution in [1.82, 2.24) is 0 Å². The van der Waals surface area contributed by atoms with E-state index < -0.39 is 30.0 Å². The summed E-state index contributed by atoms with van der Waals surface area (Å²) in [5, 5.41) is 9.88. The number of aryl methyl sites for hydroxylation is 4. The number of nitrogens with one attached hydrogen (secondary N) is 3. The molecule has 338 valence electrons. The smallest absolute Gasteiger partial charge is 0.296 e. The van der Waals surface area contributed by atoms with Gasteiger partial charge >= 0.3 is 0 Å². The van der Waals surface area contributed by atoms with Crippen LogP contribution in [0.25, 0.3) is 33.4 Å². The lowest BCUT2D eigenvalue weighted by Crippen LogP contribution is -2.17. The normalized spacial score (nSPS) is 13.3. The molecule has 6 rings (SSSR count). The van der Waals surface area contributed by atoms with Crippen molar-refractivity contribution >= 4 is 71.5 Å². The zero-order chi connectivity index (χ0) is 47.0. The molecule has 2 atom stereocenters. The Morgan fingerprint density at radius 2 is 1.20 bits per heavy atom. The zero-order valence-corrected chi connectivity index (χ0v) is 39.5. The van der Waals surface area contributed by atoms with Crippen LogP contribution in [0.1, 0.15) is 86.8 Å². The maximum absolute atomic E-state index is 13.3. The molecule has 4 aromatic rings. The first-order valence-electron chi connectivity index (χ1n) is 21.2. The van der Waals surface area contributed by atoms with Crippen molar-refractivity contribution in [3.05, 3.63) is 105 Å². The third-order valence-corrected chi connectivity index (χ3v) is 13.7. The highest BCUT2D eigenvalue weighted by Gasteiger charge is 2.27. The largest absolute Gasteiger partial charge is 0.456 e. The number of rotatable bonds is 14. The Morgan fingerprint density at radius 1 is 0.656 bits per heavy atom. The summed E-state index contributed by atoms with van der Waals surface area (Å²) in [7, 11) is -9.78. The van der Waals surface area contributed by atoms with Gasteiger partial charge in [-0.2, -0.15) is 16.8 Å². The molecule has 2 unspecified atom stereocenters. The van der Waals surface area contributed by atoms with E-state index in [9.17, 15) is 35.5 Å². The van der Waals surface area contributed by atoms with Crippen LogP contribution in [0.2, 0.25) is 0 Å². The van der Waals surface area contributed by atoms with E-state index in [1.807, 2.05) is 74.4 Å². The van der Waals surface area contributed by atoms with Gasteiger partial charge in [-0.3, -0.25) is 18.7 Å². The number of hydrogen-bond acceptors (Lipinski definition) is 9. The van der Waals surface area contributed by atoms with Crippen molar-refractivity contribution in [3.8, 4) is 22.5 Å². The second kappa shape index (κ2) is 18.7. The van der Waals surface area contributed by atoms with Gasteiger partial charge in [0.05, 0.1) is 16.7 Å². The van der Waals surface area contributed by atoms with Crippen LogP contribution in [0.3, 0.4) is 0 Å². The van der Waals surface area contributed by atoms with E-state index in [1.165, 1.54) is 30.3 Å². The van der Waals surface area contributed by atoms with Crippen LogP contribution in [0.4, 0.5) is 28.4 Å². The Hall–Kier alpha value is -5.87. The predicted octanol–water partition coefficient (Wildman–Crippen LogP) is 11.3. The van der Waals surface area contributed by atoms with Crippen LogP contribution in [-0.2, 0) is 29.8 Å². The molecule has 5 N–H and O–H groups in total. The van der Waals surface area contributed by atoms with E-state index in [1.54, 1.807) is 31.2 Å². The lowest BCUT2D eigenvalue weighted by molar-refractivity contribution is -0.117. The van der Waals surface area contributed by atoms with Crippen LogP contribution in [0.5, 0.6) is 0 Å². The molecule has 15 heteroatoms. The number of fused-ring (bicyclic) bond motifs is 2. The molecule has 0 spiro atoms. The van der Waals surface area contributed by atoms with Crippen LogP contribution in [0.15, 0.2) is 85.9 Å². The zero-order valence-electron chi connectivity index (χ0n) is 37.8. The number of anilines is 4. The molecular weight excluding hydrogens is 853 g/mol. The summed E-state index contributed by atoms with van der Waals surface area (Å²) in [6, 6.07) is 17.2. The van der Waals surface area contributed by atoms with E-state index >= 15 is 0 Å². The molecule has 0 radical (unpaired) electrons. The van der Waals surface area contributed by atoms with Crippen molar-refractivity contribution in [2.45, 2.75) is 105 Å². The summed E-state index contributed by atoms with van der Waals surface area (Å²) in [5.41, 5.74) is 7.65. The van der Waals surface area contributed by atoms with Gasteiger partial charge in [0.2, 0.25) is 11.8 Å². The molecule has 0 aromatic heterocycles. The standard InChI is InChI=1S/C49H56N4O9S2/c1-11-26(3)19-43(54)52-48-30(7)21-28(5)46(32(48)9)50-34-17-18-35-39(23-34)62-40-25-38(51-47-29(6)22-31(8)49(33(47)10)53-44(55)20-27(4)12-2)42(64(59,60)61)24-37(40)45(35)36-15-13-14-16-41(36)63(56,57)58/h13-18,21-27,51H,11-12,19-20H2,1-10H3,(H,52,54)(H,53,55)(H,56,57,58)(H,59,60,61). The molecule has 0 fully saturated rings. The molecule has 0 saturated heterocycles. The average molecular weight is 909 g/mol. The highest BCUT2D eigenvalue weighted by atomic mass is 32.2. The first-order chi connectivity index (χ1) is 30.0. The number of carbonyl (C=O) groups is 2. The SMILES string of the molecule is CCC(C)CC(=O)Nc1c(C)cc(C)c(N=c2ccc3c(-c4ccccc4S(=O)(=O)O)c4cc(S(=O)(=O)O)c(Nc5c(C)cc(C)c(NC(=O)CC(C)CC)c5C)cc4oc-3c2)c1C. The Kier molecular flexibility index (Phi) is 13.9. The minimum absolute atomic E-state index is 0.0495. The number of carbonyl (C=O) groups excluding carboxylic acids is 2. The Morgan fingerprint density at radius 3 is 1.78 bits per heavy atom. The summed E-state index contributed by atoms with van der Waals surface area (Å²) in [4.78, 5) is 30.1. The first kappa shape index (κ1) is 47.6. The summed E-state index contributed by atoms with van der Waals surface area (Å²) >= 11 is 0. The number of hydrogen-bond donors (Lipinski definition) is 5. The summed E-state index contributed by atoms with van der Waals surface area (Å²) in [6.07, 6.45) is 2.40. The van der Waals surface area contributed by atoms with Gasteiger partial charge in [-0.25, -0.2) is 4.99 Å². The quantitative estimate of drug-likeness (QED) is 0.0516. The number of benzene rings is 5. The maximum atomic E-state index is 13.3. The Bertz CT molecular complexity index is 3100. The number of nitrogens with zero attached hydrogens (tertiary/aromatic N) is 1. The Balaban J connectivity index is 1.61. The molecule has 2 amide bonds. The van der Waals surface area contributed by atoms with Gasteiger partial charge in [-0.15, -0.1) is 0 Å². The summed E-state index contributed by atoms with van der Waals surface area (Å²) in [5.74, 6) is 0.367. The third-order valence-electron chi connectivity index (χ3n) is 11.9. The van der Waals surface area contributed by atoms with E-state index in [0.29, 0.717) is 52.1 Å². The molecule has 64 heavy (non-hydrogen) atoms. The fourth-order valence-corrected chi connectivity index (χ4v) is 9.50. The van der Waals surface area contributed by atoms with E-state index in [-0.39, 0.29) is 57.2 Å². The van der Waals surface area contributed by atoms with Gasteiger partial charge in [0.25, 0.3) is 20.2 Å². The molecule has 2 aliphatic rings. The molecule has 0 saturated carbocycles. The van der Waals surface area contributed by atoms with Crippen LogP contribution < -0.4 is 21.3 Å². The van der Waals surface area contributed by atoms with Gasteiger partial charge in [0, 0.05) is 64.1 Å². The lowest BCUT2D eigenvalue weighted by atomic mass is 9.93. The van der Waals surface area contributed by atoms with Crippen molar-refractivity contribution < 1.29 is 39.9 Å². The summed E-state index contributed by atoms with van der Waals surface area (Å²) in [6.45, 7) is 19.3.